The lowest BCUT2D eigenvalue weighted by Crippen LogP contribution is -2.06. The van der Waals surface area contributed by atoms with Gasteiger partial charge in [0.1, 0.15) is 5.78 Å². The Labute approximate surface area is 258 Å². The summed E-state index contributed by atoms with van der Waals surface area (Å²) >= 11 is 0. The fourth-order valence-electron chi connectivity index (χ4n) is 6.07. The van der Waals surface area contributed by atoms with E-state index in [1.807, 2.05) is 65.0 Å². The van der Waals surface area contributed by atoms with Gasteiger partial charge in [-0.2, -0.15) is 0 Å². The van der Waals surface area contributed by atoms with Gasteiger partial charge in [-0.25, -0.2) is 9.97 Å². The number of hydrogen-bond donors (Lipinski definition) is 3. The first-order chi connectivity index (χ1) is 20.9. The van der Waals surface area contributed by atoms with Crippen LogP contribution >= 0.6 is 0 Å². The molecule has 3 aromatic heterocycles. The predicted octanol–water partition coefficient (Wildman–Crippen LogP) is 8.64. The molecular formula is C37H40N4O3. The van der Waals surface area contributed by atoms with E-state index in [1.165, 1.54) is 0 Å². The van der Waals surface area contributed by atoms with Gasteiger partial charge in [0, 0.05) is 52.0 Å². The Kier molecular flexibility index (Phi) is 8.42. The van der Waals surface area contributed by atoms with Gasteiger partial charge in [-0.05, 0) is 98.2 Å². The molecule has 2 aliphatic heterocycles. The van der Waals surface area contributed by atoms with Crippen molar-refractivity contribution in [2.45, 2.75) is 67.2 Å². The van der Waals surface area contributed by atoms with Crippen molar-refractivity contribution in [2.24, 2.45) is 5.92 Å². The maximum atomic E-state index is 12.7. The summed E-state index contributed by atoms with van der Waals surface area (Å²) in [5, 5.41) is 9.52. The zero-order chi connectivity index (χ0) is 31.9. The number of carboxylic acid groups (broad SMARTS) is 1. The number of hydrogen-bond acceptors (Lipinski definition) is 4. The van der Waals surface area contributed by atoms with Crippen LogP contribution in [0.5, 0.6) is 0 Å². The topological polar surface area (TPSA) is 112 Å². The molecule has 0 fully saturated rings. The maximum Gasteiger partial charge on any atom is 0.303 e. The lowest BCUT2D eigenvalue weighted by atomic mass is 9.96. The third-order valence-electron chi connectivity index (χ3n) is 8.90. The summed E-state index contributed by atoms with van der Waals surface area (Å²) in [5.41, 5.74) is 14.7. The standard InChI is InChI=1S/C37H40N4O3/c1-9-24-20(5)28-15-29-22(7)26(11-13-36(42)19(3)4)34(40-29)18-35-27(12-14-37(43)44)23(8)31(41-35)17-33-25(10-2)21(6)30(39-33)16-32(24)38-28/h9-10,15-19,39,41H,1-2,11-14H2,3-8H3,(H,43,44). The fourth-order valence-corrected chi connectivity index (χ4v) is 6.07. The van der Waals surface area contributed by atoms with Gasteiger partial charge in [0.2, 0.25) is 0 Å². The molecule has 0 atom stereocenters. The van der Waals surface area contributed by atoms with Gasteiger partial charge in [0.05, 0.1) is 22.8 Å². The van der Waals surface area contributed by atoms with Gasteiger partial charge in [-0.1, -0.05) is 39.2 Å². The number of aliphatic carboxylic acids is 1. The monoisotopic (exact) mass is 588 g/mol. The molecule has 0 amide bonds. The summed E-state index contributed by atoms with van der Waals surface area (Å²) < 4.78 is 0. The number of Topliss-reactive ketones (excluding diaryl/α,β-unsaturated/α-hetero) is 1. The number of fused-ring (bicyclic) bond motifs is 8. The molecule has 226 valence electrons. The number of carbonyl (C=O) groups is 2. The molecule has 0 radical (unpaired) electrons. The van der Waals surface area contributed by atoms with E-state index in [1.54, 1.807) is 0 Å². The lowest BCUT2D eigenvalue weighted by molar-refractivity contribution is -0.137. The zero-order valence-corrected chi connectivity index (χ0v) is 26.4. The number of H-pyrrole nitrogens is 2. The Balaban J connectivity index is 1.90. The number of carbonyl (C=O) groups excluding carboxylic acids is 1. The molecule has 0 saturated heterocycles. The third kappa shape index (κ3) is 5.62. The first kappa shape index (κ1) is 30.7. The van der Waals surface area contributed by atoms with E-state index in [2.05, 4.69) is 36.1 Å². The van der Waals surface area contributed by atoms with Crippen molar-refractivity contribution in [3.63, 3.8) is 0 Å². The second-order valence-electron chi connectivity index (χ2n) is 12.0. The van der Waals surface area contributed by atoms with Gasteiger partial charge >= 0.3 is 5.97 Å². The number of nitrogens with zero attached hydrogens (tertiary/aromatic N) is 2. The van der Waals surface area contributed by atoms with Crippen LogP contribution in [-0.4, -0.2) is 36.8 Å². The van der Waals surface area contributed by atoms with E-state index < -0.39 is 5.97 Å². The molecule has 7 nitrogen and oxygen atoms in total. The number of carboxylic acids is 1. The quantitative estimate of drug-likeness (QED) is 0.232. The Hall–Kier alpha value is -4.78. The average molecular weight is 589 g/mol. The van der Waals surface area contributed by atoms with Gasteiger partial charge in [-0.3, -0.25) is 9.59 Å². The highest BCUT2D eigenvalue weighted by Crippen LogP contribution is 2.37. The number of rotatable bonds is 9. The number of aryl methyl sites for hydroxylation is 3. The Morgan fingerprint density at radius 3 is 2.07 bits per heavy atom. The van der Waals surface area contributed by atoms with Crippen molar-refractivity contribution in [1.82, 2.24) is 19.9 Å². The summed E-state index contributed by atoms with van der Waals surface area (Å²) in [5.74, 6) is -0.686. The molecule has 5 rings (SSSR count). The van der Waals surface area contributed by atoms with Crippen molar-refractivity contribution in [2.75, 3.05) is 0 Å². The second kappa shape index (κ2) is 12.1. The van der Waals surface area contributed by atoms with Crippen LogP contribution in [-0.2, 0) is 16.0 Å². The Bertz CT molecular complexity index is 1960. The van der Waals surface area contributed by atoms with Crippen LogP contribution in [0.25, 0.3) is 50.4 Å². The number of aromatic nitrogens is 4. The van der Waals surface area contributed by atoms with E-state index in [-0.39, 0.29) is 18.1 Å². The molecule has 0 spiro atoms. The van der Waals surface area contributed by atoms with Crippen LogP contribution in [0, 0.1) is 19.8 Å². The molecule has 5 heterocycles. The first-order valence-electron chi connectivity index (χ1n) is 15.1. The van der Waals surface area contributed by atoms with E-state index in [9.17, 15) is 14.7 Å². The number of ketones is 1. The number of aromatic amines is 2. The van der Waals surface area contributed by atoms with Crippen LogP contribution in [0.1, 0.15) is 92.0 Å². The summed E-state index contributed by atoms with van der Waals surface area (Å²) in [6, 6.07) is 8.12. The van der Waals surface area contributed by atoms with E-state index in [0.29, 0.717) is 19.3 Å². The molecule has 3 aromatic rings. The number of allylic oxidation sites excluding steroid dienone is 5. The van der Waals surface area contributed by atoms with Crippen LogP contribution in [0.2, 0.25) is 0 Å². The van der Waals surface area contributed by atoms with E-state index >= 15 is 0 Å². The van der Waals surface area contributed by atoms with Crippen molar-refractivity contribution in [3.05, 3.63) is 88.5 Å². The highest BCUT2D eigenvalue weighted by atomic mass is 16.4. The fraction of sp³-hybridized carbons (Fsp3) is 0.297. The van der Waals surface area contributed by atoms with Crippen LogP contribution in [0.15, 0.2) is 43.5 Å². The molecule has 0 aliphatic carbocycles. The summed E-state index contributed by atoms with van der Waals surface area (Å²) in [4.78, 5) is 41.5. The average Bonchev–Trinajstić information content (AvgIpc) is 3.63. The van der Waals surface area contributed by atoms with Gasteiger partial charge in [-0.15, -0.1) is 0 Å². The molecule has 44 heavy (non-hydrogen) atoms. The summed E-state index contributed by atoms with van der Waals surface area (Å²) in [6.07, 6.45) is 5.06. The van der Waals surface area contributed by atoms with Gasteiger partial charge in [0.25, 0.3) is 0 Å². The minimum atomic E-state index is -0.850. The maximum absolute atomic E-state index is 12.7. The Morgan fingerprint density at radius 2 is 1.41 bits per heavy atom. The normalized spacial score (nSPS) is 13.2. The molecule has 2 aliphatic rings. The van der Waals surface area contributed by atoms with Gasteiger partial charge in [0.15, 0.2) is 0 Å². The van der Waals surface area contributed by atoms with Crippen molar-refractivity contribution >= 4 is 62.2 Å². The number of nitrogens with one attached hydrogen (secondary N) is 2. The van der Waals surface area contributed by atoms with E-state index in [0.717, 1.165) is 89.4 Å². The SMILES string of the molecule is C=CC1=C(C)c2cc3nc(cc4[nH]c(cc5[nH]c(cc1n2)c(C)c5C=C)c(C)c4CCC(=O)O)C(CCC(=O)C(C)C)=C3C. The molecule has 7 heteroatoms. The van der Waals surface area contributed by atoms with Crippen LogP contribution < -0.4 is 0 Å². The summed E-state index contributed by atoms with van der Waals surface area (Å²) in [6.45, 7) is 20.2. The molecule has 0 unspecified atom stereocenters. The first-order valence-corrected chi connectivity index (χ1v) is 15.1. The summed E-state index contributed by atoms with van der Waals surface area (Å²) in [7, 11) is 0. The van der Waals surface area contributed by atoms with Crippen molar-refractivity contribution in [1.29, 1.82) is 0 Å². The third-order valence-corrected chi connectivity index (χ3v) is 8.90. The largest absolute Gasteiger partial charge is 0.481 e. The van der Waals surface area contributed by atoms with E-state index in [4.69, 9.17) is 9.97 Å². The molecule has 3 N–H and O–H groups in total. The lowest BCUT2D eigenvalue weighted by Gasteiger charge is -2.07. The predicted molar refractivity (Wildman–Crippen MR) is 181 cm³/mol. The zero-order valence-electron chi connectivity index (χ0n) is 26.4. The highest BCUT2D eigenvalue weighted by Gasteiger charge is 2.22. The highest BCUT2D eigenvalue weighted by molar-refractivity contribution is 5.98. The van der Waals surface area contributed by atoms with Crippen molar-refractivity contribution < 1.29 is 14.7 Å². The minimum absolute atomic E-state index is 0.00945. The molecular weight excluding hydrogens is 548 g/mol. The van der Waals surface area contributed by atoms with Crippen LogP contribution in [0.3, 0.4) is 0 Å². The van der Waals surface area contributed by atoms with Crippen LogP contribution in [0.4, 0.5) is 0 Å². The van der Waals surface area contributed by atoms with Crippen molar-refractivity contribution in [3.8, 4) is 0 Å². The Morgan fingerprint density at radius 1 is 0.773 bits per heavy atom. The minimum Gasteiger partial charge on any atom is -0.481 e. The van der Waals surface area contributed by atoms with Gasteiger partial charge < -0.3 is 15.1 Å². The second-order valence-corrected chi connectivity index (χ2v) is 12.0. The molecule has 8 bridgehead atoms. The molecule has 0 saturated carbocycles. The smallest absolute Gasteiger partial charge is 0.303 e. The molecule has 0 aromatic carbocycles.